The van der Waals surface area contributed by atoms with Crippen LogP contribution < -0.4 is 5.32 Å². The first-order valence-electron chi connectivity index (χ1n) is 8.88. The Morgan fingerprint density at radius 3 is 2.60 bits per heavy atom. The number of anilines is 1. The van der Waals surface area contributed by atoms with Gasteiger partial charge in [-0.2, -0.15) is 0 Å². The summed E-state index contributed by atoms with van der Waals surface area (Å²) in [5.74, 6) is -0.119. The van der Waals surface area contributed by atoms with E-state index >= 15 is 0 Å². The number of piperidine rings is 1. The molecule has 1 aromatic rings. The van der Waals surface area contributed by atoms with Crippen molar-refractivity contribution in [1.29, 1.82) is 0 Å². The zero-order chi connectivity index (χ0) is 18.0. The SMILES string of the molecule is CCOC(=O)Nc1ccc([C@H]2C[C@@H]3CC[C@H]([C@H]2C(=O)OC)N3C)cc1. The maximum absolute atomic E-state index is 12.4. The van der Waals surface area contributed by atoms with Gasteiger partial charge < -0.3 is 9.47 Å². The van der Waals surface area contributed by atoms with Crippen LogP contribution >= 0.6 is 0 Å². The van der Waals surface area contributed by atoms with Crippen LogP contribution in [-0.2, 0) is 14.3 Å². The van der Waals surface area contributed by atoms with Crippen LogP contribution in [0.2, 0.25) is 0 Å². The average molecular weight is 346 g/mol. The van der Waals surface area contributed by atoms with Crippen molar-refractivity contribution < 1.29 is 19.1 Å². The molecule has 0 saturated carbocycles. The lowest BCUT2D eigenvalue weighted by molar-refractivity contribution is -0.150. The maximum atomic E-state index is 12.4. The lowest BCUT2D eigenvalue weighted by Gasteiger charge is -2.41. The Kier molecular flexibility index (Phi) is 5.27. The molecule has 0 radical (unpaired) electrons. The molecule has 1 aromatic carbocycles. The first-order valence-corrected chi connectivity index (χ1v) is 8.88. The minimum absolute atomic E-state index is 0.129. The number of fused-ring (bicyclic) bond motifs is 2. The van der Waals surface area contributed by atoms with E-state index in [1.807, 2.05) is 24.3 Å². The van der Waals surface area contributed by atoms with Gasteiger partial charge in [-0.1, -0.05) is 12.1 Å². The smallest absolute Gasteiger partial charge is 0.411 e. The highest BCUT2D eigenvalue weighted by atomic mass is 16.5. The normalized spacial score (nSPS) is 28.4. The molecular weight excluding hydrogens is 320 g/mol. The lowest BCUT2D eigenvalue weighted by Crippen LogP contribution is -2.49. The number of hydrogen-bond donors (Lipinski definition) is 1. The highest BCUT2D eigenvalue weighted by Crippen LogP contribution is 2.46. The van der Waals surface area contributed by atoms with Crippen molar-refractivity contribution in [1.82, 2.24) is 4.90 Å². The van der Waals surface area contributed by atoms with Crippen LogP contribution in [0.1, 0.15) is 37.7 Å². The largest absolute Gasteiger partial charge is 0.469 e. The predicted molar refractivity (Wildman–Crippen MR) is 94.5 cm³/mol. The second kappa shape index (κ2) is 7.44. The molecule has 0 spiro atoms. The monoisotopic (exact) mass is 346 g/mol. The highest BCUT2D eigenvalue weighted by Gasteiger charge is 2.49. The van der Waals surface area contributed by atoms with Gasteiger partial charge in [-0.25, -0.2) is 4.79 Å². The van der Waals surface area contributed by atoms with Crippen LogP contribution in [0.4, 0.5) is 10.5 Å². The third-order valence-electron chi connectivity index (χ3n) is 5.60. The summed E-state index contributed by atoms with van der Waals surface area (Å²) in [6.45, 7) is 2.10. The number of benzene rings is 1. The van der Waals surface area contributed by atoms with Crippen molar-refractivity contribution in [2.45, 2.75) is 44.2 Å². The Morgan fingerprint density at radius 2 is 1.96 bits per heavy atom. The fraction of sp³-hybridized carbons (Fsp3) is 0.579. The molecule has 2 saturated heterocycles. The van der Waals surface area contributed by atoms with Crippen LogP contribution in [0, 0.1) is 5.92 Å². The third kappa shape index (κ3) is 3.49. The Labute approximate surface area is 148 Å². The number of nitrogens with one attached hydrogen (secondary N) is 1. The number of methoxy groups -OCH3 is 1. The maximum Gasteiger partial charge on any atom is 0.411 e. The van der Waals surface area contributed by atoms with Gasteiger partial charge in [0.05, 0.1) is 19.6 Å². The molecule has 0 unspecified atom stereocenters. The molecule has 1 N–H and O–H groups in total. The summed E-state index contributed by atoms with van der Waals surface area (Å²) < 4.78 is 9.99. The fourth-order valence-electron chi connectivity index (χ4n) is 4.37. The Bertz CT molecular complexity index is 631. The zero-order valence-corrected chi connectivity index (χ0v) is 15.0. The first kappa shape index (κ1) is 17.7. The van der Waals surface area contributed by atoms with Gasteiger partial charge >= 0.3 is 12.1 Å². The van der Waals surface area contributed by atoms with Crippen LogP contribution in [-0.4, -0.2) is 49.8 Å². The van der Waals surface area contributed by atoms with E-state index in [1.54, 1.807) is 6.92 Å². The second-order valence-electron chi connectivity index (χ2n) is 6.82. The van der Waals surface area contributed by atoms with E-state index in [1.165, 1.54) is 7.11 Å². The molecule has 6 heteroatoms. The van der Waals surface area contributed by atoms with Crippen molar-refractivity contribution in [3.05, 3.63) is 29.8 Å². The average Bonchev–Trinajstić information content (AvgIpc) is 2.84. The zero-order valence-electron chi connectivity index (χ0n) is 15.0. The van der Waals surface area contributed by atoms with Crippen molar-refractivity contribution in [3.8, 4) is 0 Å². The number of ether oxygens (including phenoxy) is 2. The van der Waals surface area contributed by atoms with Gasteiger partial charge in [0, 0.05) is 23.7 Å². The topological polar surface area (TPSA) is 67.9 Å². The Balaban J connectivity index is 1.79. The Hall–Kier alpha value is -2.08. The van der Waals surface area contributed by atoms with Gasteiger partial charge in [-0.15, -0.1) is 0 Å². The number of hydrogen-bond acceptors (Lipinski definition) is 5. The number of carbonyl (C=O) groups is 2. The first-order chi connectivity index (χ1) is 12.0. The van der Waals surface area contributed by atoms with E-state index in [0.29, 0.717) is 18.3 Å². The molecule has 2 aliphatic heterocycles. The number of esters is 1. The minimum atomic E-state index is -0.458. The molecule has 1 amide bonds. The third-order valence-corrected chi connectivity index (χ3v) is 5.60. The molecule has 2 bridgehead atoms. The van der Waals surface area contributed by atoms with Crippen molar-refractivity contribution in [3.63, 3.8) is 0 Å². The molecule has 4 atom stereocenters. The molecule has 0 aromatic heterocycles. The molecule has 0 aliphatic carbocycles. The van der Waals surface area contributed by atoms with Gasteiger partial charge in [0.15, 0.2) is 0 Å². The molecule has 6 nitrogen and oxygen atoms in total. The summed E-state index contributed by atoms with van der Waals surface area (Å²) in [5, 5.41) is 2.69. The molecule has 136 valence electrons. The van der Waals surface area contributed by atoms with Gasteiger partial charge in [-0.05, 0) is 50.9 Å². The number of rotatable bonds is 4. The van der Waals surface area contributed by atoms with E-state index in [9.17, 15) is 9.59 Å². The Morgan fingerprint density at radius 1 is 1.24 bits per heavy atom. The number of nitrogens with zero attached hydrogens (tertiary/aromatic N) is 1. The van der Waals surface area contributed by atoms with Crippen LogP contribution in [0.5, 0.6) is 0 Å². The van der Waals surface area contributed by atoms with Crippen LogP contribution in [0.25, 0.3) is 0 Å². The van der Waals surface area contributed by atoms with Gasteiger partial charge in [0.25, 0.3) is 0 Å². The summed E-state index contributed by atoms with van der Waals surface area (Å²) in [7, 11) is 3.58. The predicted octanol–water partition coefficient (Wildman–Crippen LogP) is 2.99. The van der Waals surface area contributed by atoms with E-state index in [0.717, 1.165) is 24.8 Å². The van der Waals surface area contributed by atoms with Crippen molar-refractivity contribution in [2.24, 2.45) is 5.92 Å². The molecule has 2 fully saturated rings. The van der Waals surface area contributed by atoms with E-state index in [4.69, 9.17) is 9.47 Å². The molecule has 3 rings (SSSR count). The number of amides is 1. The molecular formula is C19H26N2O4. The fourth-order valence-corrected chi connectivity index (χ4v) is 4.37. The summed E-state index contributed by atoms with van der Waals surface area (Å²) in [4.78, 5) is 26.3. The van der Waals surface area contributed by atoms with Crippen LogP contribution in [0.3, 0.4) is 0 Å². The molecule has 2 aliphatic rings. The van der Waals surface area contributed by atoms with E-state index in [-0.39, 0.29) is 23.8 Å². The molecule has 2 heterocycles. The van der Waals surface area contributed by atoms with Crippen molar-refractivity contribution in [2.75, 3.05) is 26.1 Å². The lowest BCUT2D eigenvalue weighted by atomic mass is 9.76. The van der Waals surface area contributed by atoms with Crippen molar-refractivity contribution >= 4 is 17.7 Å². The van der Waals surface area contributed by atoms with Gasteiger partial charge in [0.1, 0.15) is 0 Å². The minimum Gasteiger partial charge on any atom is -0.469 e. The van der Waals surface area contributed by atoms with E-state index in [2.05, 4.69) is 17.3 Å². The summed E-state index contributed by atoms with van der Waals surface area (Å²) in [6.07, 6.45) is 2.67. The molecule has 25 heavy (non-hydrogen) atoms. The van der Waals surface area contributed by atoms with Crippen LogP contribution in [0.15, 0.2) is 24.3 Å². The summed E-state index contributed by atoms with van der Waals surface area (Å²) >= 11 is 0. The second-order valence-corrected chi connectivity index (χ2v) is 6.82. The number of carbonyl (C=O) groups excluding carboxylic acids is 2. The van der Waals surface area contributed by atoms with Gasteiger partial charge in [0.2, 0.25) is 0 Å². The quantitative estimate of drug-likeness (QED) is 0.849. The standard InChI is InChI=1S/C19H26N2O4/c1-4-25-19(23)20-13-7-5-12(6-8-13)15-11-14-9-10-16(21(14)2)17(15)18(22)24-3/h5-8,14-17H,4,9-11H2,1-3H3,(H,20,23)/t14-,15+,16+,17-/m0/s1. The van der Waals surface area contributed by atoms with E-state index < -0.39 is 6.09 Å². The van der Waals surface area contributed by atoms with Gasteiger partial charge in [-0.3, -0.25) is 15.0 Å². The summed E-state index contributed by atoms with van der Waals surface area (Å²) in [5.41, 5.74) is 1.81. The summed E-state index contributed by atoms with van der Waals surface area (Å²) in [6, 6.07) is 8.48. The highest BCUT2D eigenvalue weighted by molar-refractivity contribution is 5.84.